The summed E-state index contributed by atoms with van der Waals surface area (Å²) >= 11 is 0. The number of carbonyl (C=O) groups excluding carboxylic acids is 2. The Labute approximate surface area is 169 Å². The highest BCUT2D eigenvalue weighted by atomic mass is 33.1. The average Bonchev–Trinajstić information content (AvgIpc) is 2.51. The van der Waals surface area contributed by atoms with Gasteiger partial charge in [-0.1, -0.05) is 55.2 Å². The van der Waals surface area contributed by atoms with Crippen LogP contribution < -0.4 is 10.6 Å². The number of nitrogens with one attached hydrogen (secondary N) is 2. The lowest BCUT2D eigenvalue weighted by molar-refractivity contribution is -0.125. The van der Waals surface area contributed by atoms with Crippen LogP contribution in [-0.4, -0.2) is 41.8 Å². The molecular formula is C20H40N2O2S2. The summed E-state index contributed by atoms with van der Waals surface area (Å²) in [7, 11) is 3.38. The predicted molar refractivity (Wildman–Crippen MR) is 118 cm³/mol. The summed E-state index contributed by atoms with van der Waals surface area (Å²) in [5.41, 5.74) is -0.0411. The van der Waals surface area contributed by atoms with Crippen molar-refractivity contribution in [2.24, 2.45) is 5.41 Å². The van der Waals surface area contributed by atoms with Crippen LogP contribution in [0.2, 0.25) is 0 Å². The highest BCUT2D eigenvalue weighted by Crippen LogP contribution is 2.25. The fourth-order valence-corrected chi connectivity index (χ4v) is 4.12. The largest absolute Gasteiger partial charge is 0.356 e. The highest BCUT2D eigenvalue weighted by Gasteiger charge is 2.20. The summed E-state index contributed by atoms with van der Waals surface area (Å²) in [5, 5.41) is 6.48. The lowest BCUT2D eigenvalue weighted by Crippen LogP contribution is -2.36. The van der Waals surface area contributed by atoms with Crippen molar-refractivity contribution in [2.75, 3.05) is 24.6 Å². The lowest BCUT2D eigenvalue weighted by atomic mass is 9.89. The summed E-state index contributed by atoms with van der Waals surface area (Å²) in [6, 6.07) is 0. The molecule has 0 aromatic rings. The zero-order chi connectivity index (χ0) is 20.1. The van der Waals surface area contributed by atoms with E-state index in [-0.39, 0.29) is 16.9 Å². The molecule has 0 aliphatic rings. The van der Waals surface area contributed by atoms with E-state index < -0.39 is 0 Å². The Bertz CT molecular complexity index is 402. The third kappa shape index (κ3) is 17.2. The van der Waals surface area contributed by atoms with E-state index in [4.69, 9.17) is 0 Å². The van der Waals surface area contributed by atoms with Crippen molar-refractivity contribution in [3.63, 3.8) is 0 Å². The van der Waals surface area contributed by atoms with Gasteiger partial charge in [0, 0.05) is 41.8 Å². The molecule has 0 atom stereocenters. The molecule has 0 bridgehead atoms. The number of unbranched alkanes of at least 4 members (excludes halogenated alkanes) is 3. The van der Waals surface area contributed by atoms with Crippen LogP contribution in [-0.2, 0) is 9.59 Å². The molecule has 0 unspecified atom stereocenters. The maximum atomic E-state index is 11.8. The smallest absolute Gasteiger partial charge is 0.220 e. The van der Waals surface area contributed by atoms with Crippen molar-refractivity contribution in [3.8, 4) is 0 Å². The number of amides is 1. The second-order valence-electron chi connectivity index (χ2n) is 8.76. The molecule has 4 nitrogen and oxygen atoms in total. The van der Waals surface area contributed by atoms with Crippen molar-refractivity contribution in [3.05, 3.63) is 0 Å². The molecule has 0 spiro atoms. The summed E-state index contributed by atoms with van der Waals surface area (Å²) in [6.07, 6.45) is 5.78. The van der Waals surface area contributed by atoms with Crippen molar-refractivity contribution in [2.45, 2.75) is 85.6 Å². The van der Waals surface area contributed by atoms with Gasteiger partial charge in [0.05, 0.1) is 0 Å². The minimum Gasteiger partial charge on any atom is -0.356 e. The van der Waals surface area contributed by atoms with Gasteiger partial charge in [-0.15, -0.1) is 0 Å². The quantitative estimate of drug-likeness (QED) is 0.321. The maximum absolute atomic E-state index is 11.8. The van der Waals surface area contributed by atoms with Crippen LogP contribution in [0.4, 0.5) is 0 Å². The molecule has 0 saturated carbocycles. The van der Waals surface area contributed by atoms with Crippen molar-refractivity contribution < 1.29 is 9.59 Å². The second-order valence-corrected chi connectivity index (χ2v) is 11.5. The Balaban J connectivity index is 3.39. The molecule has 2 N–H and O–H groups in total. The van der Waals surface area contributed by atoms with E-state index >= 15 is 0 Å². The Morgan fingerprint density at radius 1 is 0.769 bits per heavy atom. The van der Waals surface area contributed by atoms with Gasteiger partial charge in [-0.2, -0.15) is 0 Å². The molecule has 1 amide bonds. The molecule has 0 saturated heterocycles. The number of hydrogen-bond donors (Lipinski definition) is 2. The standard InChI is InChI=1S/C20H40N2O2S2/c1-19(2,3)17(23)11-15-25-26-16-12-18(24)21-13-9-7-8-10-14-22-20(4,5)6/h22H,7-16H2,1-6H3,(H,21,24). The van der Waals surface area contributed by atoms with Crippen LogP contribution in [0.25, 0.3) is 0 Å². The molecule has 0 rings (SSSR count). The van der Waals surface area contributed by atoms with E-state index in [0.717, 1.165) is 31.0 Å². The molecule has 6 heteroatoms. The molecule has 0 aliphatic carbocycles. The lowest BCUT2D eigenvalue weighted by Gasteiger charge is -2.20. The first-order chi connectivity index (χ1) is 12.0. The molecule has 26 heavy (non-hydrogen) atoms. The number of hydrogen-bond acceptors (Lipinski definition) is 5. The zero-order valence-electron chi connectivity index (χ0n) is 17.7. The van der Waals surface area contributed by atoms with Gasteiger partial charge in [0.2, 0.25) is 5.91 Å². The number of Topliss-reactive ketones (excluding diaryl/α,β-unsaturated/α-hetero) is 1. The topological polar surface area (TPSA) is 58.2 Å². The van der Waals surface area contributed by atoms with Crippen LogP contribution in [0.1, 0.15) is 80.1 Å². The van der Waals surface area contributed by atoms with Gasteiger partial charge in [0.1, 0.15) is 5.78 Å². The van der Waals surface area contributed by atoms with Gasteiger partial charge in [0.15, 0.2) is 0 Å². The van der Waals surface area contributed by atoms with Crippen molar-refractivity contribution in [1.82, 2.24) is 10.6 Å². The van der Waals surface area contributed by atoms with Crippen molar-refractivity contribution >= 4 is 33.3 Å². The number of carbonyl (C=O) groups is 2. The van der Waals surface area contributed by atoms with Crippen LogP contribution in [0.15, 0.2) is 0 Å². The molecule has 0 heterocycles. The average molecular weight is 405 g/mol. The van der Waals surface area contributed by atoms with Crippen LogP contribution >= 0.6 is 21.6 Å². The van der Waals surface area contributed by atoms with E-state index in [1.165, 1.54) is 19.3 Å². The van der Waals surface area contributed by atoms with E-state index in [2.05, 4.69) is 31.4 Å². The van der Waals surface area contributed by atoms with Crippen molar-refractivity contribution in [1.29, 1.82) is 0 Å². The molecule has 0 fully saturated rings. The second kappa shape index (κ2) is 13.9. The third-order valence-corrected chi connectivity index (χ3v) is 6.23. The first kappa shape index (κ1) is 25.8. The monoisotopic (exact) mass is 404 g/mol. The van der Waals surface area contributed by atoms with E-state index in [0.29, 0.717) is 18.6 Å². The Kier molecular flexibility index (Phi) is 13.8. The molecule has 0 aromatic heterocycles. The van der Waals surface area contributed by atoms with Crippen LogP contribution in [0, 0.1) is 5.41 Å². The predicted octanol–water partition coefficient (Wildman–Crippen LogP) is 4.83. The molecular weight excluding hydrogens is 364 g/mol. The molecule has 0 radical (unpaired) electrons. The molecule has 0 aromatic carbocycles. The molecule has 154 valence electrons. The maximum Gasteiger partial charge on any atom is 0.220 e. The fraction of sp³-hybridized carbons (Fsp3) is 0.900. The highest BCUT2D eigenvalue weighted by molar-refractivity contribution is 8.76. The van der Waals surface area contributed by atoms with E-state index in [1.807, 2.05) is 20.8 Å². The summed E-state index contributed by atoms with van der Waals surface area (Å²) in [4.78, 5) is 23.6. The summed E-state index contributed by atoms with van der Waals surface area (Å²) in [6.45, 7) is 14.3. The summed E-state index contributed by atoms with van der Waals surface area (Å²) < 4.78 is 0. The Morgan fingerprint density at radius 2 is 1.31 bits per heavy atom. The minimum absolute atomic E-state index is 0.137. The third-order valence-electron chi connectivity index (χ3n) is 3.83. The first-order valence-corrected chi connectivity index (χ1v) is 12.3. The van der Waals surface area contributed by atoms with E-state index in [1.54, 1.807) is 21.6 Å². The number of ketones is 1. The first-order valence-electron chi connectivity index (χ1n) is 9.82. The minimum atomic E-state index is -0.242. The summed E-state index contributed by atoms with van der Waals surface area (Å²) in [5.74, 6) is 2.07. The van der Waals surface area contributed by atoms with Gasteiger partial charge in [0.25, 0.3) is 0 Å². The van der Waals surface area contributed by atoms with E-state index in [9.17, 15) is 9.59 Å². The fourth-order valence-electron chi connectivity index (χ4n) is 2.14. The van der Waals surface area contributed by atoms with Gasteiger partial charge in [-0.05, 0) is 40.2 Å². The Hall–Kier alpha value is -0.200. The van der Waals surface area contributed by atoms with Crippen LogP contribution in [0.3, 0.4) is 0 Å². The van der Waals surface area contributed by atoms with Crippen LogP contribution in [0.5, 0.6) is 0 Å². The van der Waals surface area contributed by atoms with Gasteiger partial charge < -0.3 is 10.6 Å². The Morgan fingerprint density at radius 3 is 1.85 bits per heavy atom. The SMILES string of the molecule is CC(C)(C)NCCCCCCNC(=O)CCSSCCC(=O)C(C)(C)C. The van der Waals surface area contributed by atoms with Gasteiger partial charge >= 0.3 is 0 Å². The zero-order valence-corrected chi connectivity index (χ0v) is 19.3. The molecule has 0 aliphatic heterocycles. The number of rotatable bonds is 14. The van der Waals surface area contributed by atoms with Gasteiger partial charge in [-0.3, -0.25) is 9.59 Å². The normalized spacial score (nSPS) is 12.2. The van der Waals surface area contributed by atoms with Gasteiger partial charge in [-0.25, -0.2) is 0 Å².